The van der Waals surface area contributed by atoms with Crippen molar-refractivity contribution in [1.29, 1.82) is 0 Å². The Morgan fingerprint density at radius 1 is 1.10 bits per heavy atom. The van der Waals surface area contributed by atoms with Gasteiger partial charge in [0.25, 0.3) is 0 Å². The molecular weight excluding hydrogens is 258 g/mol. The van der Waals surface area contributed by atoms with Crippen molar-refractivity contribution in [3.8, 4) is 0 Å². The number of aromatic nitrogens is 2. The van der Waals surface area contributed by atoms with E-state index in [4.69, 9.17) is 4.98 Å². The van der Waals surface area contributed by atoms with Gasteiger partial charge in [-0.2, -0.15) is 0 Å². The van der Waals surface area contributed by atoms with E-state index in [1.807, 2.05) is 0 Å². The summed E-state index contributed by atoms with van der Waals surface area (Å²) >= 11 is 0. The van der Waals surface area contributed by atoms with Crippen LogP contribution in [0.15, 0.2) is 0 Å². The van der Waals surface area contributed by atoms with Crippen LogP contribution >= 0.6 is 0 Å². The molecule has 0 bridgehead atoms. The first-order chi connectivity index (χ1) is 10.4. The van der Waals surface area contributed by atoms with Crippen molar-refractivity contribution in [2.24, 2.45) is 5.92 Å². The molecule has 3 nitrogen and oxygen atoms in total. The molecule has 0 amide bonds. The maximum Gasteiger partial charge on any atom is 0.112 e. The summed E-state index contributed by atoms with van der Waals surface area (Å²) in [7, 11) is 0. The summed E-state index contributed by atoms with van der Waals surface area (Å²) in [5.74, 6) is 3.24. The number of nitrogens with one attached hydrogen (secondary N) is 1. The number of hydrogen-bond acceptors (Lipinski definition) is 2. The van der Waals surface area contributed by atoms with E-state index in [2.05, 4.69) is 9.88 Å². The van der Waals surface area contributed by atoms with Gasteiger partial charge in [-0.25, -0.2) is 4.98 Å². The van der Waals surface area contributed by atoms with Crippen LogP contribution in [0.1, 0.15) is 80.9 Å². The Kier molecular flexibility index (Phi) is 4.02. The Balaban J connectivity index is 1.55. The van der Waals surface area contributed by atoms with E-state index in [1.54, 1.807) is 5.69 Å². The SMILES string of the molecule is C1CCC(c2nc3c(n2CCCC2CC2)CCNC3)CC1. The van der Waals surface area contributed by atoms with Gasteiger partial charge in [0.05, 0.1) is 5.69 Å². The second-order valence-corrected chi connectivity index (χ2v) is 7.36. The largest absolute Gasteiger partial charge is 0.331 e. The molecule has 2 aliphatic carbocycles. The fraction of sp³-hybridized carbons (Fsp3) is 0.833. The Labute approximate surface area is 128 Å². The normalized spacial score (nSPS) is 23.2. The Morgan fingerprint density at radius 3 is 2.76 bits per heavy atom. The summed E-state index contributed by atoms with van der Waals surface area (Å²) in [6.07, 6.45) is 13.9. The van der Waals surface area contributed by atoms with Gasteiger partial charge in [-0.15, -0.1) is 0 Å². The zero-order valence-corrected chi connectivity index (χ0v) is 13.2. The maximum absolute atomic E-state index is 5.09. The van der Waals surface area contributed by atoms with Crippen molar-refractivity contribution in [3.05, 3.63) is 17.2 Å². The Hall–Kier alpha value is -0.830. The highest BCUT2D eigenvalue weighted by Crippen LogP contribution is 2.36. The van der Waals surface area contributed by atoms with Crippen LogP contribution in [0.5, 0.6) is 0 Å². The quantitative estimate of drug-likeness (QED) is 0.893. The topological polar surface area (TPSA) is 29.9 Å². The summed E-state index contributed by atoms with van der Waals surface area (Å²) < 4.78 is 2.65. The average Bonchev–Trinajstić information content (AvgIpc) is 3.29. The van der Waals surface area contributed by atoms with Crippen molar-refractivity contribution in [3.63, 3.8) is 0 Å². The molecule has 0 saturated heterocycles. The van der Waals surface area contributed by atoms with Crippen molar-refractivity contribution in [2.75, 3.05) is 6.54 Å². The number of imidazole rings is 1. The first-order valence-electron chi connectivity index (χ1n) is 9.20. The van der Waals surface area contributed by atoms with Gasteiger partial charge < -0.3 is 9.88 Å². The highest BCUT2D eigenvalue weighted by Gasteiger charge is 2.26. The number of nitrogens with zero attached hydrogens (tertiary/aromatic N) is 2. The lowest BCUT2D eigenvalue weighted by Gasteiger charge is -2.23. The lowest BCUT2D eigenvalue weighted by atomic mass is 9.88. The summed E-state index contributed by atoms with van der Waals surface area (Å²) in [6, 6.07) is 0. The van der Waals surface area contributed by atoms with Crippen LogP contribution < -0.4 is 5.32 Å². The predicted molar refractivity (Wildman–Crippen MR) is 85.4 cm³/mol. The summed E-state index contributed by atoms with van der Waals surface area (Å²) in [5, 5.41) is 3.49. The number of hydrogen-bond donors (Lipinski definition) is 1. The fourth-order valence-corrected chi connectivity index (χ4v) is 4.26. The van der Waals surface area contributed by atoms with E-state index < -0.39 is 0 Å². The van der Waals surface area contributed by atoms with Gasteiger partial charge in [-0.3, -0.25) is 0 Å². The number of fused-ring (bicyclic) bond motifs is 1. The lowest BCUT2D eigenvalue weighted by Crippen LogP contribution is -2.25. The second-order valence-electron chi connectivity index (χ2n) is 7.36. The van der Waals surface area contributed by atoms with Gasteiger partial charge in [0.1, 0.15) is 5.82 Å². The first-order valence-corrected chi connectivity index (χ1v) is 9.20. The third-order valence-corrected chi connectivity index (χ3v) is 5.68. The smallest absolute Gasteiger partial charge is 0.112 e. The highest BCUT2D eigenvalue weighted by molar-refractivity contribution is 5.22. The van der Waals surface area contributed by atoms with E-state index >= 15 is 0 Å². The molecule has 2 fully saturated rings. The van der Waals surface area contributed by atoms with Gasteiger partial charge in [-0.05, 0) is 31.6 Å². The first kappa shape index (κ1) is 13.8. The van der Waals surface area contributed by atoms with Crippen molar-refractivity contribution in [2.45, 2.75) is 83.2 Å². The third-order valence-electron chi connectivity index (χ3n) is 5.68. The average molecular weight is 287 g/mol. The zero-order chi connectivity index (χ0) is 14.1. The van der Waals surface area contributed by atoms with Crippen LogP contribution in [0, 0.1) is 5.92 Å². The molecule has 1 aliphatic heterocycles. The lowest BCUT2D eigenvalue weighted by molar-refractivity contribution is 0.409. The van der Waals surface area contributed by atoms with Crippen LogP contribution in [-0.2, 0) is 19.5 Å². The summed E-state index contributed by atoms with van der Waals surface area (Å²) in [4.78, 5) is 5.09. The van der Waals surface area contributed by atoms with Crippen molar-refractivity contribution >= 4 is 0 Å². The molecule has 21 heavy (non-hydrogen) atoms. The molecule has 2 heterocycles. The van der Waals surface area contributed by atoms with Gasteiger partial charge in [0, 0.05) is 37.7 Å². The fourth-order valence-electron chi connectivity index (χ4n) is 4.26. The minimum Gasteiger partial charge on any atom is -0.331 e. The van der Waals surface area contributed by atoms with Crippen LogP contribution in [0.25, 0.3) is 0 Å². The van der Waals surface area contributed by atoms with Crippen LogP contribution in [0.3, 0.4) is 0 Å². The monoisotopic (exact) mass is 287 g/mol. The van der Waals surface area contributed by atoms with Crippen LogP contribution in [-0.4, -0.2) is 16.1 Å². The molecule has 0 radical (unpaired) electrons. The minimum absolute atomic E-state index is 0.741. The van der Waals surface area contributed by atoms with E-state index in [0.717, 1.165) is 24.9 Å². The summed E-state index contributed by atoms with van der Waals surface area (Å²) in [6.45, 7) is 3.35. The predicted octanol–water partition coefficient (Wildman–Crippen LogP) is 3.77. The number of rotatable bonds is 5. The van der Waals surface area contributed by atoms with Gasteiger partial charge >= 0.3 is 0 Å². The Morgan fingerprint density at radius 2 is 1.95 bits per heavy atom. The maximum atomic E-state index is 5.09. The highest BCUT2D eigenvalue weighted by atomic mass is 15.1. The van der Waals surface area contributed by atoms with Gasteiger partial charge in [-0.1, -0.05) is 32.1 Å². The second kappa shape index (κ2) is 6.12. The van der Waals surface area contributed by atoms with E-state index in [1.165, 1.54) is 82.3 Å². The van der Waals surface area contributed by atoms with Crippen molar-refractivity contribution < 1.29 is 0 Å². The van der Waals surface area contributed by atoms with E-state index in [-0.39, 0.29) is 0 Å². The van der Waals surface area contributed by atoms with E-state index in [0.29, 0.717) is 0 Å². The zero-order valence-electron chi connectivity index (χ0n) is 13.2. The molecule has 0 unspecified atom stereocenters. The summed E-state index contributed by atoms with van der Waals surface area (Å²) in [5.41, 5.74) is 2.92. The molecule has 1 aromatic heterocycles. The molecule has 0 aromatic carbocycles. The molecule has 0 spiro atoms. The van der Waals surface area contributed by atoms with Crippen LogP contribution in [0.4, 0.5) is 0 Å². The molecular formula is C18H29N3. The molecule has 3 heteroatoms. The van der Waals surface area contributed by atoms with E-state index in [9.17, 15) is 0 Å². The molecule has 0 atom stereocenters. The van der Waals surface area contributed by atoms with Gasteiger partial charge in [0.15, 0.2) is 0 Å². The van der Waals surface area contributed by atoms with Crippen LogP contribution in [0.2, 0.25) is 0 Å². The Bertz CT molecular complexity index is 481. The molecule has 116 valence electrons. The third kappa shape index (κ3) is 3.03. The minimum atomic E-state index is 0.741. The molecule has 1 aromatic rings. The standard InChI is InChI=1S/C18H29N3/c1-2-6-15(7-3-1)18-20-16-13-19-11-10-17(16)21(18)12-4-5-14-8-9-14/h14-15,19H,1-13H2. The molecule has 1 N–H and O–H groups in total. The molecule has 4 rings (SSSR count). The van der Waals surface area contributed by atoms with Gasteiger partial charge in [0.2, 0.25) is 0 Å². The molecule has 3 aliphatic rings. The molecule has 2 saturated carbocycles. The van der Waals surface area contributed by atoms with Crippen molar-refractivity contribution in [1.82, 2.24) is 14.9 Å².